The van der Waals surface area contributed by atoms with Crippen molar-refractivity contribution < 1.29 is 17.2 Å². The molecule has 0 saturated carbocycles. The molecule has 0 heterocycles. The summed E-state index contributed by atoms with van der Waals surface area (Å²) in [5, 5.41) is 3.17. The van der Waals surface area contributed by atoms with Gasteiger partial charge < -0.3 is 5.32 Å². The van der Waals surface area contributed by atoms with Crippen LogP contribution in [0.2, 0.25) is 0 Å². The molecule has 6 heteroatoms. The monoisotopic (exact) mass is 305 g/mol. The first-order chi connectivity index (χ1) is 9.27. The summed E-state index contributed by atoms with van der Waals surface area (Å²) in [5.41, 5.74) is 0. The molecule has 1 unspecified atom stereocenters. The molecule has 0 radical (unpaired) electrons. The van der Waals surface area contributed by atoms with Gasteiger partial charge in [-0.2, -0.15) is 0 Å². The fraction of sp³-hybridized carbons (Fsp3) is 0.571. The normalized spacial score (nSPS) is 13.7. The molecule has 1 rings (SSSR count). The summed E-state index contributed by atoms with van der Waals surface area (Å²) in [4.78, 5) is -0.180. The molecular weight excluding hydrogens is 284 g/mol. The van der Waals surface area contributed by atoms with Crippen molar-refractivity contribution in [2.24, 2.45) is 5.92 Å². The van der Waals surface area contributed by atoms with E-state index in [1.54, 1.807) is 0 Å². The van der Waals surface area contributed by atoms with E-state index in [9.17, 15) is 17.2 Å². The number of hydrogen-bond acceptors (Lipinski definition) is 3. The van der Waals surface area contributed by atoms with Crippen LogP contribution in [-0.4, -0.2) is 26.8 Å². The molecule has 0 bridgehead atoms. The zero-order valence-electron chi connectivity index (χ0n) is 12.0. The summed E-state index contributed by atoms with van der Waals surface area (Å²) in [6.45, 7) is 6.56. The van der Waals surface area contributed by atoms with Crippen LogP contribution in [0, 0.1) is 17.6 Å². The Bertz CT molecular complexity index is 544. The van der Waals surface area contributed by atoms with Crippen LogP contribution in [0.15, 0.2) is 23.1 Å². The van der Waals surface area contributed by atoms with Gasteiger partial charge in [0.25, 0.3) is 0 Å². The maximum Gasteiger partial charge on any atom is 0.180 e. The van der Waals surface area contributed by atoms with Gasteiger partial charge in [-0.15, -0.1) is 0 Å². The molecule has 0 saturated heterocycles. The summed E-state index contributed by atoms with van der Waals surface area (Å²) in [5.74, 6) is -2.20. The molecule has 1 aromatic carbocycles. The molecule has 0 aliphatic rings. The van der Waals surface area contributed by atoms with E-state index in [2.05, 4.69) is 5.32 Å². The van der Waals surface area contributed by atoms with Crippen LogP contribution in [-0.2, 0) is 9.84 Å². The van der Waals surface area contributed by atoms with Crippen molar-refractivity contribution in [2.45, 2.75) is 38.1 Å². The van der Waals surface area contributed by atoms with Crippen LogP contribution in [0.4, 0.5) is 8.78 Å². The number of halogens is 2. The fourth-order valence-corrected chi connectivity index (χ4v) is 3.55. The van der Waals surface area contributed by atoms with Crippen molar-refractivity contribution >= 4 is 9.84 Å². The van der Waals surface area contributed by atoms with Crippen LogP contribution in [0.3, 0.4) is 0 Å². The van der Waals surface area contributed by atoms with Crippen molar-refractivity contribution in [3.8, 4) is 0 Å². The summed E-state index contributed by atoms with van der Waals surface area (Å²) in [7, 11) is -3.64. The van der Waals surface area contributed by atoms with Gasteiger partial charge in [-0.3, -0.25) is 0 Å². The molecule has 1 atom stereocenters. The largest absolute Gasteiger partial charge is 0.313 e. The highest BCUT2D eigenvalue weighted by atomic mass is 32.2. The Hall–Kier alpha value is -1.01. The second-order valence-corrected chi connectivity index (χ2v) is 7.20. The van der Waals surface area contributed by atoms with E-state index in [4.69, 9.17) is 0 Å². The summed E-state index contributed by atoms with van der Waals surface area (Å²) in [6.07, 6.45) is 0.897. The average molecular weight is 305 g/mol. The minimum absolute atomic E-state index is 0.127. The molecule has 3 nitrogen and oxygen atoms in total. The molecular formula is C14H21F2NO2S. The van der Waals surface area contributed by atoms with E-state index >= 15 is 0 Å². The van der Waals surface area contributed by atoms with Crippen LogP contribution >= 0.6 is 0 Å². The van der Waals surface area contributed by atoms with Gasteiger partial charge in [0, 0.05) is 6.04 Å². The second kappa shape index (κ2) is 7.13. The third-order valence-electron chi connectivity index (χ3n) is 3.11. The molecule has 114 valence electrons. The van der Waals surface area contributed by atoms with E-state index in [1.165, 1.54) is 0 Å². The Balaban J connectivity index is 2.94. The van der Waals surface area contributed by atoms with Gasteiger partial charge in [0.2, 0.25) is 0 Å². The number of hydrogen-bond donors (Lipinski definition) is 1. The van der Waals surface area contributed by atoms with Crippen LogP contribution in [0.1, 0.15) is 27.2 Å². The lowest BCUT2D eigenvalue weighted by Gasteiger charge is -2.22. The number of rotatable bonds is 7. The van der Waals surface area contributed by atoms with Gasteiger partial charge in [0.05, 0.1) is 10.6 Å². The lowest BCUT2D eigenvalue weighted by molar-refractivity contribution is 0.426. The predicted octanol–water partition coefficient (Wildman–Crippen LogP) is 2.76. The minimum atomic E-state index is -3.64. The summed E-state index contributed by atoms with van der Waals surface area (Å²) in [6, 6.07) is 2.46. The smallest absolute Gasteiger partial charge is 0.180 e. The maximum absolute atomic E-state index is 13.2. The second-order valence-electron chi connectivity index (χ2n) is 5.16. The zero-order valence-corrected chi connectivity index (χ0v) is 12.8. The molecule has 0 aliphatic carbocycles. The van der Waals surface area contributed by atoms with Crippen molar-refractivity contribution in [3.05, 3.63) is 29.8 Å². The number of benzene rings is 1. The van der Waals surface area contributed by atoms with E-state index in [0.717, 1.165) is 31.2 Å². The topological polar surface area (TPSA) is 46.2 Å². The van der Waals surface area contributed by atoms with Crippen molar-refractivity contribution in [2.75, 3.05) is 12.3 Å². The lowest BCUT2D eigenvalue weighted by Crippen LogP contribution is -2.40. The Morgan fingerprint density at radius 3 is 2.35 bits per heavy atom. The summed E-state index contributed by atoms with van der Waals surface area (Å²) >= 11 is 0. The van der Waals surface area contributed by atoms with Crippen LogP contribution in [0.25, 0.3) is 0 Å². The quantitative estimate of drug-likeness (QED) is 0.788. The van der Waals surface area contributed by atoms with E-state index < -0.39 is 21.5 Å². The van der Waals surface area contributed by atoms with Crippen molar-refractivity contribution in [1.82, 2.24) is 5.32 Å². The Kier molecular flexibility index (Phi) is 6.07. The number of sulfone groups is 1. The van der Waals surface area contributed by atoms with Crippen molar-refractivity contribution in [1.29, 1.82) is 0 Å². The van der Waals surface area contributed by atoms with Crippen LogP contribution in [0.5, 0.6) is 0 Å². The predicted molar refractivity (Wildman–Crippen MR) is 75.3 cm³/mol. The van der Waals surface area contributed by atoms with E-state index in [1.807, 2.05) is 20.8 Å². The highest BCUT2D eigenvalue weighted by molar-refractivity contribution is 7.91. The van der Waals surface area contributed by atoms with Gasteiger partial charge in [-0.05, 0) is 37.1 Å². The fourth-order valence-electron chi connectivity index (χ4n) is 1.82. The SMILES string of the molecule is CCCNC(CS(=O)(=O)c1ccc(F)c(F)c1)C(C)C. The van der Waals surface area contributed by atoms with Gasteiger partial charge in [0.15, 0.2) is 21.5 Å². The molecule has 0 aliphatic heterocycles. The molecule has 0 amide bonds. The van der Waals surface area contributed by atoms with Crippen LogP contribution < -0.4 is 5.32 Å². The Labute approximate surface area is 119 Å². The molecule has 1 N–H and O–H groups in total. The standard InChI is InChI=1S/C14H21F2NO2S/c1-4-7-17-14(10(2)3)9-20(18,19)11-5-6-12(15)13(16)8-11/h5-6,8,10,14,17H,4,7,9H2,1-3H3. The molecule has 1 aromatic rings. The highest BCUT2D eigenvalue weighted by Gasteiger charge is 2.24. The van der Waals surface area contributed by atoms with E-state index in [0.29, 0.717) is 0 Å². The third kappa shape index (κ3) is 4.52. The third-order valence-corrected chi connectivity index (χ3v) is 4.88. The molecule has 0 aromatic heterocycles. The minimum Gasteiger partial charge on any atom is -0.313 e. The summed E-state index contributed by atoms with van der Waals surface area (Å²) < 4.78 is 50.5. The van der Waals surface area contributed by atoms with Gasteiger partial charge in [-0.25, -0.2) is 17.2 Å². The first-order valence-electron chi connectivity index (χ1n) is 6.69. The van der Waals surface area contributed by atoms with Crippen molar-refractivity contribution in [3.63, 3.8) is 0 Å². The Morgan fingerprint density at radius 1 is 1.20 bits per heavy atom. The maximum atomic E-state index is 13.2. The van der Waals surface area contributed by atoms with Gasteiger partial charge in [-0.1, -0.05) is 20.8 Å². The highest BCUT2D eigenvalue weighted by Crippen LogP contribution is 2.17. The lowest BCUT2D eigenvalue weighted by atomic mass is 10.1. The first-order valence-corrected chi connectivity index (χ1v) is 8.34. The zero-order chi connectivity index (χ0) is 15.3. The number of nitrogens with one attached hydrogen (secondary N) is 1. The Morgan fingerprint density at radius 2 is 1.85 bits per heavy atom. The van der Waals surface area contributed by atoms with Gasteiger partial charge >= 0.3 is 0 Å². The molecule has 0 spiro atoms. The molecule has 0 fully saturated rings. The van der Waals surface area contributed by atoms with Gasteiger partial charge in [0.1, 0.15) is 0 Å². The first kappa shape index (κ1) is 17.0. The van der Waals surface area contributed by atoms with E-state index in [-0.39, 0.29) is 22.6 Å². The average Bonchev–Trinajstić information content (AvgIpc) is 2.37. The molecule has 20 heavy (non-hydrogen) atoms.